The predicted molar refractivity (Wildman–Crippen MR) is 119 cm³/mol. The lowest BCUT2D eigenvalue weighted by Gasteiger charge is -2.14. The Morgan fingerprint density at radius 2 is 2.00 bits per heavy atom. The van der Waals surface area contributed by atoms with Crippen LogP contribution < -0.4 is 4.72 Å². The molecule has 1 aliphatic rings. The SMILES string of the molecule is N#Cc1cc(NSc2cc(C(=O)O)ccc2C2CC2)c(-c2ccc(Cl)s2)cc1Cl. The number of nitrogens with zero attached hydrogens (tertiary/aromatic N) is 1. The minimum Gasteiger partial charge on any atom is -0.478 e. The van der Waals surface area contributed by atoms with Crippen LogP contribution in [0.2, 0.25) is 9.36 Å². The monoisotopic (exact) mass is 460 g/mol. The standard InChI is InChI=1S/C21H14Cl2N2O2S2/c22-16-9-15(18-5-6-20(23)28-18)17(7-13(16)10-24)25-29-19-8-12(21(26)27)3-4-14(19)11-1-2-11/h3-9,11,25H,1-2H2,(H,26,27). The van der Waals surface area contributed by atoms with E-state index in [0.29, 0.717) is 20.8 Å². The average molecular weight is 461 g/mol. The molecular formula is C21H14Cl2N2O2S2. The van der Waals surface area contributed by atoms with Crippen LogP contribution in [0.5, 0.6) is 0 Å². The third-order valence-electron chi connectivity index (χ3n) is 4.61. The van der Waals surface area contributed by atoms with E-state index < -0.39 is 5.97 Å². The van der Waals surface area contributed by atoms with E-state index in [9.17, 15) is 15.2 Å². The second kappa shape index (κ2) is 8.29. The van der Waals surface area contributed by atoms with E-state index in [1.165, 1.54) is 23.3 Å². The lowest BCUT2D eigenvalue weighted by molar-refractivity contribution is 0.0696. The minimum atomic E-state index is -0.957. The van der Waals surface area contributed by atoms with E-state index in [1.807, 2.05) is 18.2 Å². The number of halogens is 2. The maximum absolute atomic E-state index is 11.4. The van der Waals surface area contributed by atoms with Gasteiger partial charge in [0.05, 0.1) is 26.2 Å². The number of thiophene rings is 1. The molecule has 0 saturated heterocycles. The molecule has 1 fully saturated rings. The Balaban J connectivity index is 1.70. The minimum absolute atomic E-state index is 0.248. The van der Waals surface area contributed by atoms with Gasteiger partial charge in [-0.15, -0.1) is 11.3 Å². The van der Waals surface area contributed by atoms with Gasteiger partial charge >= 0.3 is 5.97 Å². The Morgan fingerprint density at radius 1 is 1.21 bits per heavy atom. The zero-order chi connectivity index (χ0) is 20.5. The van der Waals surface area contributed by atoms with Crippen LogP contribution in [-0.4, -0.2) is 11.1 Å². The summed E-state index contributed by atoms with van der Waals surface area (Å²) < 4.78 is 3.96. The quantitative estimate of drug-likeness (QED) is 0.377. The molecule has 0 radical (unpaired) electrons. The molecule has 146 valence electrons. The van der Waals surface area contributed by atoms with Gasteiger partial charge in [0.1, 0.15) is 6.07 Å². The van der Waals surface area contributed by atoms with Gasteiger partial charge in [0.2, 0.25) is 0 Å². The third kappa shape index (κ3) is 4.39. The summed E-state index contributed by atoms with van der Waals surface area (Å²) in [5.74, 6) is -0.487. The van der Waals surface area contributed by atoms with Crippen molar-refractivity contribution in [1.82, 2.24) is 0 Å². The van der Waals surface area contributed by atoms with Crippen molar-refractivity contribution in [3.8, 4) is 16.5 Å². The first kappa shape index (κ1) is 20.1. The highest BCUT2D eigenvalue weighted by atomic mass is 35.5. The first-order valence-electron chi connectivity index (χ1n) is 8.75. The molecule has 4 rings (SSSR count). The van der Waals surface area contributed by atoms with Crippen LogP contribution in [0.3, 0.4) is 0 Å². The molecule has 8 heteroatoms. The van der Waals surface area contributed by atoms with Crippen LogP contribution in [0.1, 0.15) is 40.2 Å². The molecule has 1 saturated carbocycles. The molecule has 3 aromatic rings. The first-order chi connectivity index (χ1) is 14.0. The van der Waals surface area contributed by atoms with Crippen LogP contribution in [0, 0.1) is 11.3 Å². The maximum Gasteiger partial charge on any atom is 0.335 e. The predicted octanol–water partition coefficient (Wildman–Crippen LogP) is 7.29. The number of hydrogen-bond acceptors (Lipinski definition) is 5. The Labute approximate surface area is 186 Å². The van der Waals surface area contributed by atoms with Crippen molar-refractivity contribution in [3.63, 3.8) is 0 Å². The lowest BCUT2D eigenvalue weighted by atomic mass is 10.1. The van der Waals surface area contributed by atoms with E-state index in [0.717, 1.165) is 39.4 Å². The van der Waals surface area contributed by atoms with Crippen molar-refractivity contribution in [1.29, 1.82) is 5.26 Å². The molecule has 0 bridgehead atoms. The summed E-state index contributed by atoms with van der Waals surface area (Å²) in [6.45, 7) is 0. The first-order valence-corrected chi connectivity index (χ1v) is 11.1. The van der Waals surface area contributed by atoms with Crippen LogP contribution in [-0.2, 0) is 0 Å². The fourth-order valence-electron chi connectivity index (χ4n) is 3.00. The van der Waals surface area contributed by atoms with Gasteiger partial charge in [-0.1, -0.05) is 29.3 Å². The lowest BCUT2D eigenvalue weighted by Crippen LogP contribution is -1.99. The summed E-state index contributed by atoms with van der Waals surface area (Å²) in [6.07, 6.45) is 2.22. The number of rotatable bonds is 6. The number of anilines is 1. The third-order valence-corrected chi connectivity index (χ3v) is 7.09. The van der Waals surface area contributed by atoms with Gasteiger partial charge in [-0.3, -0.25) is 0 Å². The van der Waals surface area contributed by atoms with Crippen molar-refractivity contribution in [2.45, 2.75) is 23.7 Å². The van der Waals surface area contributed by atoms with Gasteiger partial charge in [0, 0.05) is 15.3 Å². The second-order valence-electron chi connectivity index (χ2n) is 6.63. The number of benzene rings is 2. The summed E-state index contributed by atoms with van der Waals surface area (Å²) in [5, 5.41) is 19.1. The maximum atomic E-state index is 11.4. The van der Waals surface area contributed by atoms with Crippen molar-refractivity contribution in [3.05, 3.63) is 68.5 Å². The van der Waals surface area contributed by atoms with Gasteiger partial charge in [-0.2, -0.15) is 5.26 Å². The normalized spacial score (nSPS) is 13.1. The topological polar surface area (TPSA) is 73.1 Å². The van der Waals surface area contributed by atoms with E-state index in [4.69, 9.17) is 23.2 Å². The summed E-state index contributed by atoms with van der Waals surface area (Å²) in [7, 11) is 0. The Kier molecular flexibility index (Phi) is 5.75. The van der Waals surface area contributed by atoms with E-state index in [2.05, 4.69) is 10.8 Å². The second-order valence-corrected chi connectivity index (χ2v) is 9.60. The molecule has 0 atom stereocenters. The highest BCUT2D eigenvalue weighted by molar-refractivity contribution is 8.00. The fraction of sp³-hybridized carbons (Fsp3) is 0.143. The number of carboxylic acids is 1. The molecule has 0 aliphatic heterocycles. The molecule has 4 nitrogen and oxygen atoms in total. The van der Waals surface area contributed by atoms with Crippen LogP contribution in [0.4, 0.5) is 5.69 Å². The van der Waals surface area contributed by atoms with Crippen molar-refractivity contribution < 1.29 is 9.90 Å². The molecule has 2 N–H and O–H groups in total. The number of aromatic carboxylic acids is 1. The molecule has 2 aromatic carbocycles. The number of nitrogens with one attached hydrogen (secondary N) is 1. The molecule has 0 unspecified atom stereocenters. The van der Waals surface area contributed by atoms with Crippen LogP contribution in [0.25, 0.3) is 10.4 Å². The van der Waals surface area contributed by atoms with Crippen LogP contribution >= 0.6 is 46.5 Å². The number of nitriles is 1. The molecular weight excluding hydrogens is 447 g/mol. The zero-order valence-corrected chi connectivity index (χ0v) is 18.1. The number of hydrogen-bond donors (Lipinski definition) is 2. The molecule has 1 aliphatic carbocycles. The highest BCUT2D eigenvalue weighted by Crippen LogP contribution is 2.45. The summed E-state index contributed by atoms with van der Waals surface area (Å²) >= 11 is 15.1. The molecule has 1 heterocycles. The number of carboxylic acid groups (broad SMARTS) is 1. The summed E-state index contributed by atoms with van der Waals surface area (Å²) in [4.78, 5) is 13.2. The van der Waals surface area contributed by atoms with Crippen molar-refractivity contribution in [2.24, 2.45) is 0 Å². The average Bonchev–Trinajstić information content (AvgIpc) is 3.46. The Bertz CT molecular complexity index is 1150. The highest BCUT2D eigenvalue weighted by Gasteiger charge is 2.27. The van der Waals surface area contributed by atoms with E-state index in [-0.39, 0.29) is 5.56 Å². The van der Waals surface area contributed by atoms with Crippen molar-refractivity contribution in [2.75, 3.05) is 4.72 Å². The largest absolute Gasteiger partial charge is 0.478 e. The number of carbonyl (C=O) groups is 1. The van der Waals surface area contributed by atoms with E-state index in [1.54, 1.807) is 24.3 Å². The Hall–Kier alpha value is -2.17. The molecule has 0 spiro atoms. The fourth-order valence-corrected chi connectivity index (χ4v) is 5.21. The Morgan fingerprint density at radius 3 is 2.62 bits per heavy atom. The van der Waals surface area contributed by atoms with Crippen molar-refractivity contribution >= 4 is 58.1 Å². The van der Waals surface area contributed by atoms with Gasteiger partial charge < -0.3 is 9.83 Å². The molecule has 0 amide bonds. The van der Waals surface area contributed by atoms with E-state index >= 15 is 0 Å². The van der Waals surface area contributed by atoms with Crippen LogP contribution in [0.15, 0.2) is 47.4 Å². The molecule has 1 aromatic heterocycles. The van der Waals surface area contributed by atoms with Gasteiger partial charge in [0.15, 0.2) is 0 Å². The van der Waals surface area contributed by atoms with Gasteiger partial charge in [-0.05, 0) is 72.7 Å². The van der Waals surface area contributed by atoms with Gasteiger partial charge in [-0.25, -0.2) is 4.79 Å². The summed E-state index contributed by atoms with van der Waals surface area (Å²) in [6, 6.07) is 14.5. The smallest absolute Gasteiger partial charge is 0.335 e. The molecule has 29 heavy (non-hydrogen) atoms. The van der Waals surface area contributed by atoms with Gasteiger partial charge in [0.25, 0.3) is 0 Å². The zero-order valence-electron chi connectivity index (χ0n) is 14.9. The summed E-state index contributed by atoms with van der Waals surface area (Å²) in [5.41, 5.74) is 3.31.